The molecule has 1 fully saturated rings. The highest BCUT2D eigenvalue weighted by atomic mass is 16.5. The lowest BCUT2D eigenvalue weighted by molar-refractivity contribution is -0.161. The van der Waals surface area contributed by atoms with Gasteiger partial charge in [-0.1, -0.05) is 20.3 Å². The number of hydrogen-bond donors (Lipinski definition) is 0. The van der Waals surface area contributed by atoms with Gasteiger partial charge in [-0.05, 0) is 13.3 Å². The molecule has 0 aliphatic carbocycles. The van der Waals surface area contributed by atoms with E-state index < -0.39 is 5.60 Å². The third-order valence-electron chi connectivity index (χ3n) is 3.34. The smallest absolute Gasteiger partial charge is 0.167 e. The summed E-state index contributed by atoms with van der Waals surface area (Å²) in [6.45, 7) is 7.97. The van der Waals surface area contributed by atoms with Gasteiger partial charge in [-0.2, -0.15) is 0 Å². The number of carbonyl (C=O) groups excluding carboxylic acids is 1. The van der Waals surface area contributed by atoms with Crippen LogP contribution in [0.3, 0.4) is 0 Å². The maximum atomic E-state index is 12.4. The summed E-state index contributed by atoms with van der Waals surface area (Å²) >= 11 is 0. The highest BCUT2D eigenvalue weighted by Crippen LogP contribution is 2.30. The lowest BCUT2D eigenvalue weighted by Crippen LogP contribution is -2.48. The lowest BCUT2D eigenvalue weighted by Gasteiger charge is -2.37. The molecule has 0 N–H and O–H groups in total. The van der Waals surface area contributed by atoms with Crippen molar-refractivity contribution >= 4 is 5.78 Å². The molecule has 1 saturated heterocycles. The molecule has 1 heterocycles. The van der Waals surface area contributed by atoms with E-state index in [0.29, 0.717) is 32.7 Å². The summed E-state index contributed by atoms with van der Waals surface area (Å²) in [7, 11) is 0. The topological polar surface area (TPSA) is 35.5 Å². The molecule has 0 aromatic carbocycles. The highest BCUT2D eigenvalue weighted by molar-refractivity contribution is 5.89. The first-order valence-electron chi connectivity index (χ1n) is 6.42. The molecular formula is C13H24O3. The van der Waals surface area contributed by atoms with Gasteiger partial charge >= 0.3 is 0 Å². The number of ether oxygens (including phenoxy) is 2. The van der Waals surface area contributed by atoms with Gasteiger partial charge in [-0.25, -0.2) is 0 Å². The minimum Gasteiger partial charge on any atom is -0.381 e. The van der Waals surface area contributed by atoms with Crippen molar-refractivity contribution in [2.45, 2.75) is 52.1 Å². The summed E-state index contributed by atoms with van der Waals surface area (Å²) in [5, 5.41) is 0. The molecule has 16 heavy (non-hydrogen) atoms. The first-order chi connectivity index (χ1) is 7.66. The Labute approximate surface area is 98.5 Å². The Morgan fingerprint density at radius 3 is 2.50 bits per heavy atom. The number of Topliss-reactive ketones (excluding diaryl/α,β-unsaturated/α-hetero) is 1. The van der Waals surface area contributed by atoms with E-state index in [9.17, 15) is 4.79 Å². The Morgan fingerprint density at radius 1 is 1.38 bits per heavy atom. The van der Waals surface area contributed by atoms with Crippen molar-refractivity contribution in [3.05, 3.63) is 0 Å². The van der Waals surface area contributed by atoms with Crippen LogP contribution < -0.4 is 0 Å². The molecule has 3 nitrogen and oxygen atoms in total. The van der Waals surface area contributed by atoms with E-state index in [0.717, 1.165) is 12.8 Å². The zero-order valence-corrected chi connectivity index (χ0v) is 10.8. The van der Waals surface area contributed by atoms with E-state index in [1.54, 1.807) is 0 Å². The van der Waals surface area contributed by atoms with Gasteiger partial charge in [0.05, 0.1) is 0 Å². The molecule has 1 unspecified atom stereocenters. The molecule has 3 heteroatoms. The Morgan fingerprint density at radius 2 is 2.00 bits per heavy atom. The minimum atomic E-state index is -0.554. The van der Waals surface area contributed by atoms with E-state index in [-0.39, 0.29) is 11.7 Å². The van der Waals surface area contributed by atoms with Crippen LogP contribution in [0.4, 0.5) is 0 Å². The Balaban J connectivity index is 2.71. The maximum Gasteiger partial charge on any atom is 0.167 e. The van der Waals surface area contributed by atoms with Gasteiger partial charge in [-0.3, -0.25) is 4.79 Å². The van der Waals surface area contributed by atoms with Gasteiger partial charge in [0.1, 0.15) is 5.60 Å². The predicted molar refractivity (Wildman–Crippen MR) is 63.5 cm³/mol. The normalized spacial score (nSPS) is 21.7. The molecule has 1 aliphatic rings. The van der Waals surface area contributed by atoms with Gasteiger partial charge in [0.2, 0.25) is 0 Å². The molecule has 0 bridgehead atoms. The zero-order valence-electron chi connectivity index (χ0n) is 10.8. The second kappa shape index (κ2) is 6.36. The van der Waals surface area contributed by atoms with Crippen LogP contribution in [0.1, 0.15) is 46.5 Å². The van der Waals surface area contributed by atoms with E-state index in [1.165, 1.54) is 0 Å². The third-order valence-corrected chi connectivity index (χ3v) is 3.34. The molecule has 94 valence electrons. The molecule has 0 amide bonds. The second-order valence-corrected chi connectivity index (χ2v) is 4.59. The zero-order chi connectivity index (χ0) is 12.0. The van der Waals surface area contributed by atoms with Crippen molar-refractivity contribution in [3.8, 4) is 0 Å². The summed E-state index contributed by atoms with van der Waals surface area (Å²) < 4.78 is 11.1. The average Bonchev–Trinajstić information content (AvgIpc) is 2.30. The molecule has 0 saturated carbocycles. The molecule has 0 aromatic heterocycles. The fraction of sp³-hybridized carbons (Fsp3) is 0.923. The van der Waals surface area contributed by atoms with Crippen LogP contribution >= 0.6 is 0 Å². The molecule has 0 aromatic rings. The van der Waals surface area contributed by atoms with Crippen LogP contribution in [0.2, 0.25) is 0 Å². The first kappa shape index (κ1) is 13.7. The summed E-state index contributed by atoms with van der Waals surface area (Å²) in [6, 6.07) is 0. The van der Waals surface area contributed by atoms with E-state index in [1.807, 2.05) is 13.8 Å². The standard InChI is InChI=1S/C13H24O3/c1-4-6-11(3)12(14)13(16-5-2)7-9-15-10-8-13/h11H,4-10H2,1-3H3. The number of hydrogen-bond acceptors (Lipinski definition) is 3. The van der Waals surface area contributed by atoms with Crippen molar-refractivity contribution in [2.75, 3.05) is 19.8 Å². The van der Waals surface area contributed by atoms with Crippen LogP contribution in [-0.4, -0.2) is 31.2 Å². The quantitative estimate of drug-likeness (QED) is 0.701. The third kappa shape index (κ3) is 3.05. The Hall–Kier alpha value is -0.410. The van der Waals surface area contributed by atoms with Gasteiger partial charge in [0, 0.05) is 38.6 Å². The second-order valence-electron chi connectivity index (χ2n) is 4.59. The van der Waals surface area contributed by atoms with Crippen LogP contribution in [0.25, 0.3) is 0 Å². The fourth-order valence-corrected chi connectivity index (χ4v) is 2.45. The molecule has 1 rings (SSSR count). The number of carbonyl (C=O) groups is 1. The van der Waals surface area contributed by atoms with E-state index in [2.05, 4.69) is 6.92 Å². The summed E-state index contributed by atoms with van der Waals surface area (Å²) in [6.07, 6.45) is 3.43. The van der Waals surface area contributed by atoms with Crippen LogP contribution in [-0.2, 0) is 14.3 Å². The van der Waals surface area contributed by atoms with Gasteiger partial charge in [0.25, 0.3) is 0 Å². The van der Waals surface area contributed by atoms with Gasteiger partial charge in [0.15, 0.2) is 5.78 Å². The van der Waals surface area contributed by atoms with Crippen LogP contribution in [0.5, 0.6) is 0 Å². The molecule has 0 spiro atoms. The van der Waals surface area contributed by atoms with Crippen molar-refractivity contribution < 1.29 is 14.3 Å². The van der Waals surface area contributed by atoms with Crippen molar-refractivity contribution in [1.82, 2.24) is 0 Å². The largest absolute Gasteiger partial charge is 0.381 e. The summed E-state index contributed by atoms with van der Waals surface area (Å²) in [5.74, 6) is 0.383. The van der Waals surface area contributed by atoms with Crippen molar-refractivity contribution in [3.63, 3.8) is 0 Å². The molecule has 0 radical (unpaired) electrons. The van der Waals surface area contributed by atoms with E-state index >= 15 is 0 Å². The Kier molecular flexibility index (Phi) is 5.42. The fourth-order valence-electron chi connectivity index (χ4n) is 2.45. The number of rotatable bonds is 6. The average molecular weight is 228 g/mol. The predicted octanol–water partition coefficient (Wildman–Crippen LogP) is 2.58. The summed E-state index contributed by atoms with van der Waals surface area (Å²) in [4.78, 5) is 12.4. The van der Waals surface area contributed by atoms with Gasteiger partial charge in [-0.15, -0.1) is 0 Å². The maximum absolute atomic E-state index is 12.4. The summed E-state index contributed by atoms with van der Waals surface area (Å²) in [5.41, 5.74) is -0.554. The number of ketones is 1. The Bertz CT molecular complexity index is 214. The molecule has 1 aliphatic heterocycles. The molecule has 1 atom stereocenters. The molecular weight excluding hydrogens is 204 g/mol. The highest BCUT2D eigenvalue weighted by Gasteiger charge is 2.42. The van der Waals surface area contributed by atoms with Crippen molar-refractivity contribution in [1.29, 1.82) is 0 Å². The van der Waals surface area contributed by atoms with Gasteiger partial charge < -0.3 is 9.47 Å². The minimum absolute atomic E-state index is 0.106. The SMILES string of the molecule is CCCC(C)C(=O)C1(OCC)CCOCC1. The van der Waals surface area contributed by atoms with E-state index in [4.69, 9.17) is 9.47 Å². The van der Waals surface area contributed by atoms with Crippen molar-refractivity contribution in [2.24, 2.45) is 5.92 Å². The monoisotopic (exact) mass is 228 g/mol. The lowest BCUT2D eigenvalue weighted by atomic mass is 9.82. The first-order valence-corrected chi connectivity index (χ1v) is 6.42. The van der Waals surface area contributed by atoms with Crippen LogP contribution in [0.15, 0.2) is 0 Å². The van der Waals surface area contributed by atoms with Crippen LogP contribution in [0, 0.1) is 5.92 Å².